The minimum atomic E-state index is -0.0486. The first-order valence-corrected chi connectivity index (χ1v) is 8.34. The monoisotopic (exact) mass is 376 g/mol. The first-order chi connectivity index (χ1) is 11.0. The van der Waals surface area contributed by atoms with Crippen LogP contribution in [0.5, 0.6) is 5.75 Å². The van der Waals surface area contributed by atoms with Crippen LogP contribution >= 0.6 is 15.9 Å². The van der Waals surface area contributed by atoms with Crippen LogP contribution in [0.2, 0.25) is 0 Å². The summed E-state index contributed by atoms with van der Waals surface area (Å²) in [6.07, 6.45) is 0.157. The number of nitrogens with one attached hydrogen (secondary N) is 2. The van der Waals surface area contributed by atoms with Gasteiger partial charge in [-0.25, -0.2) is 0 Å². The molecule has 0 heterocycles. The Labute approximate surface area is 145 Å². The smallest absolute Gasteiger partial charge is 0.239 e. The van der Waals surface area contributed by atoms with E-state index in [2.05, 4.69) is 26.6 Å². The van der Waals surface area contributed by atoms with E-state index in [1.54, 1.807) is 0 Å². The molecule has 0 radical (unpaired) electrons. The molecule has 0 aromatic heterocycles. The summed E-state index contributed by atoms with van der Waals surface area (Å²) in [5.41, 5.74) is 1.95. The van der Waals surface area contributed by atoms with Crippen LogP contribution in [0.1, 0.15) is 19.4 Å². The van der Waals surface area contributed by atoms with E-state index in [-0.39, 0.29) is 18.6 Å². The van der Waals surface area contributed by atoms with Crippen LogP contribution in [0.3, 0.4) is 0 Å². The average molecular weight is 377 g/mol. The molecule has 23 heavy (non-hydrogen) atoms. The lowest BCUT2D eigenvalue weighted by Gasteiger charge is -2.11. The lowest BCUT2D eigenvalue weighted by atomic mass is 10.2. The van der Waals surface area contributed by atoms with E-state index in [9.17, 15) is 4.79 Å². The summed E-state index contributed by atoms with van der Waals surface area (Å²) in [6.45, 7) is 4.73. The molecule has 0 saturated heterocycles. The van der Waals surface area contributed by atoms with Crippen LogP contribution in [0.4, 0.5) is 5.69 Å². The van der Waals surface area contributed by atoms with Crippen molar-refractivity contribution in [2.24, 2.45) is 0 Å². The largest absolute Gasteiger partial charge is 0.491 e. The molecule has 0 spiro atoms. The number of carbonyl (C=O) groups excluding carboxylic acids is 1. The molecule has 122 valence electrons. The number of hydrogen-bond acceptors (Lipinski definition) is 3. The number of benzene rings is 2. The molecule has 0 aliphatic heterocycles. The molecule has 0 aliphatic carbocycles. The summed E-state index contributed by atoms with van der Waals surface area (Å²) in [4.78, 5) is 11.9. The molecular weight excluding hydrogens is 356 g/mol. The van der Waals surface area contributed by atoms with Crippen molar-refractivity contribution in [3.8, 4) is 5.75 Å². The summed E-state index contributed by atoms with van der Waals surface area (Å²) in [5.74, 6) is 0.791. The molecule has 1 amide bonds. The Morgan fingerprint density at radius 1 is 1.17 bits per heavy atom. The second kappa shape index (κ2) is 8.58. The zero-order chi connectivity index (χ0) is 16.7. The van der Waals surface area contributed by atoms with Crippen LogP contribution < -0.4 is 15.4 Å². The highest BCUT2D eigenvalue weighted by Crippen LogP contribution is 2.15. The molecule has 4 nitrogen and oxygen atoms in total. The summed E-state index contributed by atoms with van der Waals surface area (Å²) in [5, 5.41) is 5.98. The number of rotatable bonds is 7. The number of ether oxygens (including phenoxy) is 1. The molecular formula is C18H21BrN2O2. The molecule has 2 rings (SSSR count). The SMILES string of the molecule is CC(C)Oc1ccc(CNC(=O)CNc2cccc(Br)c2)cc1. The number of halogens is 1. The summed E-state index contributed by atoms with van der Waals surface area (Å²) >= 11 is 3.40. The Morgan fingerprint density at radius 3 is 2.57 bits per heavy atom. The van der Waals surface area contributed by atoms with Gasteiger partial charge in [0.15, 0.2) is 0 Å². The number of amides is 1. The molecule has 0 atom stereocenters. The van der Waals surface area contributed by atoms with Crippen molar-refractivity contribution in [1.29, 1.82) is 0 Å². The third kappa shape index (κ3) is 6.32. The van der Waals surface area contributed by atoms with Crippen molar-refractivity contribution >= 4 is 27.5 Å². The highest BCUT2D eigenvalue weighted by Gasteiger charge is 2.03. The van der Waals surface area contributed by atoms with Gasteiger partial charge in [0.2, 0.25) is 5.91 Å². The lowest BCUT2D eigenvalue weighted by Crippen LogP contribution is -2.29. The molecule has 0 saturated carbocycles. The third-order valence-electron chi connectivity index (χ3n) is 3.06. The van der Waals surface area contributed by atoms with Crippen LogP contribution in [0, 0.1) is 0 Å². The Bertz CT molecular complexity index is 642. The predicted molar refractivity (Wildman–Crippen MR) is 96.7 cm³/mol. The van der Waals surface area contributed by atoms with E-state index < -0.39 is 0 Å². The minimum Gasteiger partial charge on any atom is -0.491 e. The quantitative estimate of drug-likeness (QED) is 0.768. The third-order valence-corrected chi connectivity index (χ3v) is 3.56. The maximum atomic E-state index is 11.9. The Hall–Kier alpha value is -2.01. The minimum absolute atomic E-state index is 0.0486. The maximum absolute atomic E-state index is 11.9. The van der Waals surface area contributed by atoms with Gasteiger partial charge in [-0.3, -0.25) is 4.79 Å². The fourth-order valence-electron chi connectivity index (χ4n) is 2.00. The first kappa shape index (κ1) is 17.3. The molecule has 2 aromatic rings. The zero-order valence-corrected chi connectivity index (χ0v) is 14.9. The topological polar surface area (TPSA) is 50.4 Å². The number of anilines is 1. The van der Waals surface area contributed by atoms with E-state index in [1.807, 2.05) is 62.4 Å². The fraction of sp³-hybridized carbons (Fsp3) is 0.278. The molecule has 2 N–H and O–H groups in total. The van der Waals surface area contributed by atoms with Crippen molar-refractivity contribution in [2.75, 3.05) is 11.9 Å². The molecule has 5 heteroatoms. The molecule has 2 aromatic carbocycles. The van der Waals surface area contributed by atoms with Gasteiger partial charge in [0.05, 0.1) is 12.6 Å². The van der Waals surface area contributed by atoms with Gasteiger partial charge in [0.1, 0.15) is 5.75 Å². The van der Waals surface area contributed by atoms with Gasteiger partial charge >= 0.3 is 0 Å². The number of carbonyl (C=O) groups is 1. The van der Waals surface area contributed by atoms with Crippen molar-refractivity contribution < 1.29 is 9.53 Å². The van der Waals surface area contributed by atoms with Gasteiger partial charge in [-0.2, -0.15) is 0 Å². The fourth-order valence-corrected chi connectivity index (χ4v) is 2.40. The van der Waals surface area contributed by atoms with Gasteiger partial charge in [-0.15, -0.1) is 0 Å². The van der Waals surface area contributed by atoms with Crippen molar-refractivity contribution in [3.63, 3.8) is 0 Å². The zero-order valence-electron chi connectivity index (χ0n) is 13.3. The van der Waals surface area contributed by atoms with Crippen molar-refractivity contribution in [2.45, 2.75) is 26.5 Å². The van der Waals surface area contributed by atoms with Crippen LogP contribution in [-0.2, 0) is 11.3 Å². The normalized spacial score (nSPS) is 10.4. The van der Waals surface area contributed by atoms with E-state index in [1.165, 1.54) is 0 Å². The van der Waals surface area contributed by atoms with Gasteiger partial charge in [0.25, 0.3) is 0 Å². The average Bonchev–Trinajstić information content (AvgIpc) is 2.52. The summed E-state index contributed by atoms with van der Waals surface area (Å²) in [7, 11) is 0. The van der Waals surface area contributed by atoms with Gasteiger partial charge < -0.3 is 15.4 Å². The lowest BCUT2D eigenvalue weighted by molar-refractivity contribution is -0.119. The van der Waals surface area contributed by atoms with Crippen LogP contribution in [0.25, 0.3) is 0 Å². The van der Waals surface area contributed by atoms with Crippen LogP contribution in [-0.4, -0.2) is 18.6 Å². The second-order valence-electron chi connectivity index (χ2n) is 5.45. The number of hydrogen-bond donors (Lipinski definition) is 2. The standard InChI is InChI=1S/C18H21BrN2O2/c1-13(2)23-17-8-6-14(7-9-17)11-21-18(22)12-20-16-5-3-4-15(19)10-16/h3-10,13,20H,11-12H2,1-2H3,(H,21,22). The highest BCUT2D eigenvalue weighted by molar-refractivity contribution is 9.10. The van der Waals surface area contributed by atoms with Crippen molar-refractivity contribution in [3.05, 3.63) is 58.6 Å². The summed E-state index contributed by atoms with van der Waals surface area (Å²) in [6, 6.07) is 15.5. The molecule has 0 aliphatic rings. The van der Waals surface area contributed by atoms with Gasteiger partial charge in [-0.1, -0.05) is 34.1 Å². The summed E-state index contributed by atoms with van der Waals surface area (Å²) < 4.78 is 6.57. The molecule has 0 fully saturated rings. The van der Waals surface area contributed by atoms with Crippen molar-refractivity contribution in [1.82, 2.24) is 5.32 Å². The second-order valence-corrected chi connectivity index (χ2v) is 6.37. The predicted octanol–water partition coefficient (Wildman–Crippen LogP) is 3.96. The van der Waals surface area contributed by atoms with E-state index in [0.717, 1.165) is 21.5 Å². The maximum Gasteiger partial charge on any atom is 0.239 e. The Balaban J connectivity index is 1.75. The molecule has 0 bridgehead atoms. The Morgan fingerprint density at radius 2 is 1.91 bits per heavy atom. The highest BCUT2D eigenvalue weighted by atomic mass is 79.9. The van der Waals surface area contributed by atoms with Crippen LogP contribution in [0.15, 0.2) is 53.0 Å². The van der Waals surface area contributed by atoms with E-state index in [0.29, 0.717) is 6.54 Å². The molecule has 0 unspecified atom stereocenters. The first-order valence-electron chi connectivity index (χ1n) is 7.54. The Kier molecular flexibility index (Phi) is 6.47. The van der Waals surface area contributed by atoms with E-state index in [4.69, 9.17) is 4.74 Å². The van der Waals surface area contributed by atoms with Gasteiger partial charge in [0, 0.05) is 16.7 Å². The van der Waals surface area contributed by atoms with E-state index >= 15 is 0 Å². The van der Waals surface area contributed by atoms with Gasteiger partial charge in [-0.05, 0) is 49.7 Å².